The Labute approximate surface area is 121 Å². The molecule has 2 aromatic heterocycles. The lowest BCUT2D eigenvalue weighted by atomic mass is 10.2. The molecule has 2 heterocycles. The Bertz CT molecular complexity index is 704. The summed E-state index contributed by atoms with van der Waals surface area (Å²) in [4.78, 5) is 1.18. The first-order valence-electron chi connectivity index (χ1n) is 6.33. The van der Waals surface area contributed by atoms with Crippen LogP contribution in [0.3, 0.4) is 0 Å². The standard InChI is InChI=1S/C15H15N3OS/c1-10-7-12(4-5-13(10)19)16-8-11-9-17-18-15(11)14-3-2-6-20-14/h2-7,9,16,19H,8H2,1H3,(H,17,18). The number of hydrogen-bond acceptors (Lipinski definition) is 4. The Morgan fingerprint density at radius 1 is 1.35 bits per heavy atom. The SMILES string of the molecule is Cc1cc(NCc2cn[nH]c2-c2cccs2)ccc1O. The van der Waals surface area contributed by atoms with Gasteiger partial charge in [-0.3, -0.25) is 5.10 Å². The number of nitrogens with one attached hydrogen (secondary N) is 2. The van der Waals surface area contributed by atoms with Crippen LogP contribution in [0, 0.1) is 6.92 Å². The van der Waals surface area contributed by atoms with Gasteiger partial charge in [0.15, 0.2) is 0 Å². The molecule has 0 spiro atoms. The molecule has 0 saturated heterocycles. The fourth-order valence-electron chi connectivity index (χ4n) is 2.04. The van der Waals surface area contributed by atoms with Crippen molar-refractivity contribution in [1.82, 2.24) is 10.2 Å². The van der Waals surface area contributed by atoms with E-state index in [1.54, 1.807) is 17.4 Å². The van der Waals surface area contributed by atoms with E-state index in [9.17, 15) is 5.11 Å². The van der Waals surface area contributed by atoms with Crippen LogP contribution in [-0.4, -0.2) is 15.3 Å². The number of phenols is 1. The van der Waals surface area contributed by atoms with Crippen LogP contribution in [0.1, 0.15) is 11.1 Å². The van der Waals surface area contributed by atoms with E-state index in [-0.39, 0.29) is 0 Å². The Morgan fingerprint density at radius 2 is 2.25 bits per heavy atom. The number of thiophene rings is 1. The average molecular weight is 285 g/mol. The van der Waals surface area contributed by atoms with E-state index in [0.29, 0.717) is 12.3 Å². The van der Waals surface area contributed by atoms with Crippen molar-refractivity contribution in [3.8, 4) is 16.3 Å². The third kappa shape index (κ3) is 2.53. The molecule has 5 heteroatoms. The quantitative estimate of drug-likeness (QED) is 0.640. The summed E-state index contributed by atoms with van der Waals surface area (Å²) in [7, 11) is 0. The largest absolute Gasteiger partial charge is 0.508 e. The number of anilines is 1. The minimum absolute atomic E-state index is 0.318. The van der Waals surface area contributed by atoms with Crippen LogP contribution < -0.4 is 5.32 Å². The van der Waals surface area contributed by atoms with Crippen LogP contribution in [0.2, 0.25) is 0 Å². The van der Waals surface area contributed by atoms with Crippen molar-refractivity contribution in [2.24, 2.45) is 0 Å². The van der Waals surface area contributed by atoms with Gasteiger partial charge in [-0.15, -0.1) is 11.3 Å². The molecule has 20 heavy (non-hydrogen) atoms. The van der Waals surface area contributed by atoms with Gasteiger partial charge >= 0.3 is 0 Å². The number of nitrogens with zero attached hydrogens (tertiary/aromatic N) is 1. The zero-order valence-electron chi connectivity index (χ0n) is 11.1. The second-order valence-electron chi connectivity index (χ2n) is 4.60. The van der Waals surface area contributed by atoms with Crippen molar-refractivity contribution in [1.29, 1.82) is 0 Å². The summed E-state index contributed by atoms with van der Waals surface area (Å²) in [6, 6.07) is 9.61. The molecule has 0 aliphatic rings. The normalized spacial score (nSPS) is 10.7. The van der Waals surface area contributed by atoms with Gasteiger partial charge in [-0.2, -0.15) is 5.10 Å². The molecule has 0 radical (unpaired) electrons. The third-order valence-electron chi connectivity index (χ3n) is 3.17. The predicted octanol–water partition coefficient (Wildman–Crippen LogP) is 3.76. The summed E-state index contributed by atoms with van der Waals surface area (Å²) in [5, 5.41) is 22.1. The number of H-pyrrole nitrogens is 1. The van der Waals surface area contributed by atoms with Gasteiger partial charge in [-0.1, -0.05) is 6.07 Å². The summed E-state index contributed by atoms with van der Waals surface area (Å²) in [5.74, 6) is 0.318. The monoisotopic (exact) mass is 285 g/mol. The molecular formula is C15H15N3OS. The number of benzene rings is 1. The highest BCUT2D eigenvalue weighted by Crippen LogP contribution is 2.27. The van der Waals surface area contributed by atoms with Gasteiger partial charge in [0.25, 0.3) is 0 Å². The fourth-order valence-corrected chi connectivity index (χ4v) is 2.80. The van der Waals surface area contributed by atoms with Gasteiger partial charge in [0.2, 0.25) is 0 Å². The topological polar surface area (TPSA) is 60.9 Å². The lowest BCUT2D eigenvalue weighted by molar-refractivity contribution is 0.471. The summed E-state index contributed by atoms with van der Waals surface area (Å²) < 4.78 is 0. The molecule has 3 aromatic rings. The Kier molecular flexibility index (Phi) is 3.43. The number of aromatic hydroxyl groups is 1. The van der Waals surface area contributed by atoms with E-state index >= 15 is 0 Å². The smallest absolute Gasteiger partial charge is 0.118 e. The molecule has 0 bridgehead atoms. The van der Waals surface area contributed by atoms with E-state index < -0.39 is 0 Å². The van der Waals surface area contributed by atoms with Gasteiger partial charge in [-0.25, -0.2) is 0 Å². The van der Waals surface area contributed by atoms with E-state index in [1.807, 2.05) is 31.3 Å². The van der Waals surface area contributed by atoms with Crippen LogP contribution in [0.4, 0.5) is 5.69 Å². The van der Waals surface area contributed by atoms with Crippen molar-refractivity contribution in [2.75, 3.05) is 5.32 Å². The minimum Gasteiger partial charge on any atom is -0.508 e. The van der Waals surface area contributed by atoms with Crippen molar-refractivity contribution >= 4 is 17.0 Å². The first-order chi connectivity index (χ1) is 9.74. The molecule has 1 aromatic carbocycles. The molecular weight excluding hydrogens is 270 g/mol. The number of phenolic OH excluding ortho intramolecular Hbond substituents is 1. The molecule has 0 unspecified atom stereocenters. The highest BCUT2D eigenvalue weighted by Gasteiger charge is 2.08. The highest BCUT2D eigenvalue weighted by atomic mass is 32.1. The molecule has 0 atom stereocenters. The van der Waals surface area contributed by atoms with Gasteiger partial charge in [0, 0.05) is 17.8 Å². The van der Waals surface area contributed by atoms with Crippen LogP contribution >= 0.6 is 11.3 Å². The maximum Gasteiger partial charge on any atom is 0.118 e. The van der Waals surface area contributed by atoms with Gasteiger partial charge in [-0.05, 0) is 42.1 Å². The summed E-state index contributed by atoms with van der Waals surface area (Å²) in [6.45, 7) is 2.57. The van der Waals surface area contributed by atoms with Gasteiger partial charge < -0.3 is 10.4 Å². The molecule has 4 nitrogen and oxygen atoms in total. The van der Waals surface area contributed by atoms with Crippen molar-refractivity contribution in [3.05, 3.63) is 53.0 Å². The van der Waals surface area contributed by atoms with Crippen molar-refractivity contribution < 1.29 is 5.11 Å². The maximum absolute atomic E-state index is 9.52. The Morgan fingerprint density at radius 3 is 3.00 bits per heavy atom. The van der Waals surface area contributed by atoms with Gasteiger partial charge in [0.05, 0.1) is 16.8 Å². The molecule has 0 aliphatic heterocycles. The summed E-state index contributed by atoms with van der Waals surface area (Å²) in [6.07, 6.45) is 1.84. The lowest BCUT2D eigenvalue weighted by Crippen LogP contribution is -1.99. The third-order valence-corrected chi connectivity index (χ3v) is 4.05. The van der Waals surface area contributed by atoms with Crippen LogP contribution in [-0.2, 0) is 6.54 Å². The van der Waals surface area contributed by atoms with Gasteiger partial charge in [0.1, 0.15) is 5.75 Å². The predicted molar refractivity (Wildman–Crippen MR) is 82.1 cm³/mol. The minimum atomic E-state index is 0.318. The first kappa shape index (κ1) is 12.7. The number of rotatable bonds is 4. The number of aromatic amines is 1. The van der Waals surface area contributed by atoms with E-state index in [4.69, 9.17) is 0 Å². The maximum atomic E-state index is 9.52. The zero-order chi connectivity index (χ0) is 13.9. The van der Waals surface area contributed by atoms with E-state index in [2.05, 4.69) is 27.0 Å². The van der Waals surface area contributed by atoms with Crippen molar-refractivity contribution in [3.63, 3.8) is 0 Å². The molecule has 3 N–H and O–H groups in total. The summed E-state index contributed by atoms with van der Waals surface area (Å²) >= 11 is 1.69. The lowest BCUT2D eigenvalue weighted by Gasteiger charge is -2.08. The number of aryl methyl sites for hydroxylation is 1. The zero-order valence-corrected chi connectivity index (χ0v) is 11.9. The van der Waals surface area contributed by atoms with Crippen LogP contribution in [0.15, 0.2) is 41.9 Å². The van der Waals surface area contributed by atoms with Crippen LogP contribution in [0.25, 0.3) is 10.6 Å². The Balaban J connectivity index is 1.76. The van der Waals surface area contributed by atoms with E-state index in [0.717, 1.165) is 22.5 Å². The molecule has 0 amide bonds. The number of aromatic nitrogens is 2. The number of hydrogen-bond donors (Lipinski definition) is 3. The molecule has 0 saturated carbocycles. The molecule has 0 aliphatic carbocycles. The summed E-state index contributed by atoms with van der Waals surface area (Å²) in [5.41, 5.74) is 4.03. The van der Waals surface area contributed by atoms with Crippen LogP contribution in [0.5, 0.6) is 5.75 Å². The van der Waals surface area contributed by atoms with Crippen molar-refractivity contribution in [2.45, 2.75) is 13.5 Å². The fraction of sp³-hybridized carbons (Fsp3) is 0.133. The first-order valence-corrected chi connectivity index (χ1v) is 7.21. The molecule has 0 fully saturated rings. The second kappa shape index (κ2) is 5.38. The second-order valence-corrected chi connectivity index (χ2v) is 5.55. The Hall–Kier alpha value is -2.27. The average Bonchev–Trinajstić information content (AvgIpc) is 3.09. The molecule has 3 rings (SSSR count). The molecule has 102 valence electrons. The highest BCUT2D eigenvalue weighted by molar-refractivity contribution is 7.13. The van der Waals surface area contributed by atoms with E-state index in [1.165, 1.54) is 4.88 Å².